The third-order valence-corrected chi connectivity index (χ3v) is 8.88. The Kier molecular flexibility index (Phi) is 8.89. The lowest BCUT2D eigenvalue weighted by Crippen LogP contribution is -1.99. The molecule has 3 aromatic carbocycles. The maximum Gasteiger partial charge on any atom is 0.307 e. The van der Waals surface area contributed by atoms with E-state index in [2.05, 4.69) is 67.9 Å². The highest BCUT2D eigenvalue weighted by Crippen LogP contribution is 2.30. The third kappa shape index (κ3) is 6.21. The monoisotopic (exact) mass is 591 g/mol. The van der Waals surface area contributed by atoms with Crippen molar-refractivity contribution in [3.05, 3.63) is 116 Å². The van der Waals surface area contributed by atoms with Crippen molar-refractivity contribution in [3.8, 4) is 0 Å². The Balaban J connectivity index is 0.000000128. The number of benzene rings is 3. The maximum atomic E-state index is 10.5. The van der Waals surface area contributed by atoms with Crippen LogP contribution in [0.15, 0.2) is 93.4 Å². The van der Waals surface area contributed by atoms with E-state index in [0.29, 0.717) is 0 Å². The molecule has 0 aliphatic rings. The Hall–Kier alpha value is -3.02. The van der Waals surface area contributed by atoms with E-state index in [1.165, 1.54) is 24.6 Å². The summed E-state index contributed by atoms with van der Waals surface area (Å²) < 4.78 is 4.95. The second-order valence-electron chi connectivity index (χ2n) is 7.88. The molecule has 0 amide bonds. The van der Waals surface area contributed by atoms with Gasteiger partial charge in [-0.25, -0.2) is 6.57 Å². The number of aliphatic carboxylic acids is 1. The van der Waals surface area contributed by atoms with Crippen LogP contribution < -0.4 is 0 Å². The smallest absolute Gasteiger partial charge is 0.307 e. The lowest BCUT2D eigenvalue weighted by Gasteiger charge is -2.00. The first-order valence-electron chi connectivity index (χ1n) is 11.1. The average molecular weight is 593 g/mol. The summed E-state index contributed by atoms with van der Waals surface area (Å²) in [6.45, 7) is 8.95. The molecule has 6 rings (SSSR count). The van der Waals surface area contributed by atoms with Gasteiger partial charge in [0.15, 0.2) is 0 Å². The summed E-state index contributed by atoms with van der Waals surface area (Å²) in [7, 11) is 0. The number of halogens is 1. The molecule has 0 saturated heterocycles. The van der Waals surface area contributed by atoms with Crippen molar-refractivity contribution < 1.29 is 9.90 Å². The van der Waals surface area contributed by atoms with E-state index >= 15 is 0 Å². The number of carbonyl (C=O) groups is 1. The van der Waals surface area contributed by atoms with E-state index in [1.807, 2.05) is 48.7 Å². The first-order valence-corrected chi connectivity index (χ1v) is 14.5. The molecule has 0 saturated carbocycles. The summed E-state index contributed by atoms with van der Waals surface area (Å²) in [6.07, 6.45) is 0.105. The van der Waals surface area contributed by atoms with Gasteiger partial charge >= 0.3 is 5.97 Å². The van der Waals surface area contributed by atoms with Crippen LogP contribution in [-0.4, -0.2) is 11.1 Å². The molecule has 180 valence electrons. The largest absolute Gasteiger partial charge is 0.481 e. The molecule has 6 aromatic rings. The van der Waals surface area contributed by atoms with Gasteiger partial charge in [-0.05, 0) is 69.6 Å². The number of fused-ring (bicyclic) bond motifs is 3. The summed E-state index contributed by atoms with van der Waals surface area (Å²) in [5, 5.41) is 18.4. The number of rotatable bonds is 3. The molecule has 3 heterocycles. The predicted molar refractivity (Wildman–Crippen MR) is 160 cm³/mol. The standard InChI is InChI=1S/C11H9NS.C10H8O2S.C8H5BrS/c1-8(12-2)9-4-3-5-11-10(9)6-7-13-11;11-10(12)6-7-2-1-3-9-8(7)4-5-13-9;9-7-2-1-3-8-6(7)4-5-10-8/h3-8H,1H3;1-5H,6H2,(H,11,12);1-5H. The zero-order valence-corrected chi connectivity index (χ0v) is 23.4. The van der Waals surface area contributed by atoms with Crippen LogP contribution in [0.25, 0.3) is 35.1 Å². The van der Waals surface area contributed by atoms with Gasteiger partial charge in [0.2, 0.25) is 6.04 Å². The van der Waals surface area contributed by atoms with Crippen LogP contribution in [0, 0.1) is 6.57 Å². The van der Waals surface area contributed by atoms with Crippen molar-refractivity contribution in [1.82, 2.24) is 0 Å². The van der Waals surface area contributed by atoms with Gasteiger partial charge in [-0.15, -0.1) is 34.0 Å². The molecule has 3 aromatic heterocycles. The minimum absolute atomic E-state index is 0.0294. The molecule has 1 N–H and O–H groups in total. The number of carboxylic acids is 1. The highest BCUT2D eigenvalue weighted by Gasteiger charge is 2.12. The number of thiophene rings is 3. The molecule has 0 fully saturated rings. The number of nitrogens with zero attached hydrogens (tertiary/aromatic N) is 1. The first kappa shape index (κ1) is 26.1. The molecule has 1 unspecified atom stereocenters. The zero-order valence-electron chi connectivity index (χ0n) is 19.4. The van der Waals surface area contributed by atoms with Crippen molar-refractivity contribution in [3.63, 3.8) is 0 Å². The minimum Gasteiger partial charge on any atom is -0.481 e. The molecule has 0 radical (unpaired) electrons. The van der Waals surface area contributed by atoms with Crippen molar-refractivity contribution in [2.75, 3.05) is 0 Å². The molecule has 1 atom stereocenters. The fraction of sp³-hybridized carbons (Fsp3) is 0.103. The van der Waals surface area contributed by atoms with Crippen molar-refractivity contribution in [2.24, 2.45) is 0 Å². The summed E-state index contributed by atoms with van der Waals surface area (Å²) in [5.74, 6) is -0.779. The van der Waals surface area contributed by atoms with E-state index in [-0.39, 0.29) is 12.5 Å². The topological polar surface area (TPSA) is 41.7 Å². The molecule has 36 heavy (non-hydrogen) atoms. The quantitative estimate of drug-likeness (QED) is 0.208. The number of carboxylic acid groups (broad SMARTS) is 1. The van der Waals surface area contributed by atoms with E-state index in [4.69, 9.17) is 11.7 Å². The molecular weight excluding hydrogens is 570 g/mol. The van der Waals surface area contributed by atoms with Crippen LogP contribution >= 0.6 is 49.9 Å². The minimum atomic E-state index is -0.779. The summed E-state index contributed by atoms with van der Waals surface area (Å²) in [4.78, 5) is 14.1. The molecular formula is C29H22BrNO2S3. The van der Waals surface area contributed by atoms with Crippen LogP contribution in [0.3, 0.4) is 0 Å². The van der Waals surface area contributed by atoms with E-state index in [0.717, 1.165) is 21.2 Å². The van der Waals surface area contributed by atoms with Crippen LogP contribution in [-0.2, 0) is 11.2 Å². The Morgan fingerprint density at radius 2 is 1.36 bits per heavy atom. The second kappa shape index (κ2) is 12.3. The number of hydrogen-bond acceptors (Lipinski definition) is 4. The van der Waals surface area contributed by atoms with Crippen LogP contribution in [0.2, 0.25) is 0 Å². The van der Waals surface area contributed by atoms with Gasteiger partial charge in [0.05, 0.1) is 6.42 Å². The van der Waals surface area contributed by atoms with Crippen LogP contribution in [0.1, 0.15) is 24.1 Å². The molecule has 0 aliphatic carbocycles. The predicted octanol–water partition coefficient (Wildman–Crippen LogP) is 10.1. The third-order valence-electron chi connectivity index (χ3n) is 5.54. The highest BCUT2D eigenvalue weighted by molar-refractivity contribution is 9.10. The Morgan fingerprint density at radius 3 is 1.97 bits per heavy atom. The van der Waals surface area contributed by atoms with Crippen molar-refractivity contribution in [2.45, 2.75) is 19.4 Å². The summed E-state index contributed by atoms with van der Waals surface area (Å²) in [6, 6.07) is 24.3. The number of hydrogen-bond donors (Lipinski definition) is 1. The second-order valence-corrected chi connectivity index (χ2v) is 11.6. The fourth-order valence-electron chi connectivity index (χ4n) is 3.78. The normalized spacial score (nSPS) is 11.2. The van der Waals surface area contributed by atoms with Crippen molar-refractivity contribution >= 4 is 86.2 Å². The SMILES string of the molecule is Brc1cccc2sccc12.O=C(O)Cc1cccc2sccc12.[C-]#[N+]C(C)c1cccc2sccc12. The average Bonchev–Trinajstić information content (AvgIpc) is 3.65. The van der Waals surface area contributed by atoms with Crippen LogP contribution in [0.4, 0.5) is 0 Å². The lowest BCUT2D eigenvalue weighted by molar-refractivity contribution is -0.136. The molecule has 3 nitrogen and oxygen atoms in total. The molecule has 7 heteroatoms. The van der Waals surface area contributed by atoms with E-state index < -0.39 is 5.97 Å². The molecule has 0 bridgehead atoms. The maximum absolute atomic E-state index is 10.5. The first-order chi connectivity index (χ1) is 17.5. The van der Waals surface area contributed by atoms with E-state index in [1.54, 1.807) is 34.0 Å². The van der Waals surface area contributed by atoms with Crippen molar-refractivity contribution in [1.29, 1.82) is 0 Å². The van der Waals surface area contributed by atoms with Gasteiger partial charge in [-0.2, -0.15) is 0 Å². The molecule has 0 spiro atoms. The molecule has 0 aliphatic heterocycles. The van der Waals surface area contributed by atoms with Gasteiger partial charge in [0.1, 0.15) is 0 Å². The van der Waals surface area contributed by atoms with E-state index in [9.17, 15) is 4.79 Å². The Bertz CT molecular complexity index is 1660. The van der Waals surface area contributed by atoms with Crippen LogP contribution in [0.5, 0.6) is 0 Å². The zero-order chi connectivity index (χ0) is 25.5. The van der Waals surface area contributed by atoms with Gasteiger partial charge in [-0.3, -0.25) is 4.79 Å². The Morgan fingerprint density at radius 1 is 0.833 bits per heavy atom. The summed E-state index contributed by atoms with van der Waals surface area (Å²) >= 11 is 8.62. The van der Waals surface area contributed by atoms with Gasteiger partial charge < -0.3 is 9.95 Å². The van der Waals surface area contributed by atoms with Gasteiger partial charge in [0, 0.05) is 41.8 Å². The summed E-state index contributed by atoms with van der Waals surface area (Å²) in [5.41, 5.74) is 2.04. The lowest BCUT2D eigenvalue weighted by atomic mass is 10.1. The Labute approximate surface area is 230 Å². The fourth-order valence-corrected chi connectivity index (χ4v) is 6.88. The van der Waals surface area contributed by atoms with Gasteiger partial charge in [0.25, 0.3) is 0 Å². The highest BCUT2D eigenvalue weighted by atomic mass is 79.9. The van der Waals surface area contributed by atoms with Gasteiger partial charge in [-0.1, -0.05) is 46.3 Å².